The van der Waals surface area contributed by atoms with Gasteiger partial charge >= 0.3 is 0 Å². The van der Waals surface area contributed by atoms with Crippen LogP contribution >= 0.6 is 0 Å². The third-order valence-electron chi connectivity index (χ3n) is 2.80. The second kappa shape index (κ2) is 11.1. The molecule has 1 atom stereocenters. The second-order valence-electron chi connectivity index (χ2n) is 4.45. The summed E-state index contributed by atoms with van der Waals surface area (Å²) in [4.78, 5) is 0. The Hall–Kier alpha value is -0.370. The minimum absolute atomic E-state index is 0.326. The van der Waals surface area contributed by atoms with Crippen molar-refractivity contribution in [2.24, 2.45) is 0 Å². The molecule has 96 valence electrons. The molecule has 0 aliphatic heterocycles. The molecule has 0 rings (SSSR count). The van der Waals surface area contributed by atoms with E-state index in [1.807, 2.05) is 0 Å². The van der Waals surface area contributed by atoms with E-state index in [0.717, 1.165) is 38.5 Å². The Bertz CT molecular complexity index is 178. The number of hydrogen-bond donors (Lipinski definition) is 1. The van der Waals surface area contributed by atoms with Crippen molar-refractivity contribution in [3.63, 3.8) is 0 Å². The second-order valence-corrected chi connectivity index (χ2v) is 4.45. The van der Waals surface area contributed by atoms with Crippen LogP contribution in [0.1, 0.15) is 71.6 Å². The van der Waals surface area contributed by atoms with Gasteiger partial charge in [-0.2, -0.15) is 0 Å². The van der Waals surface area contributed by atoms with Gasteiger partial charge in [0.25, 0.3) is 0 Å². The van der Waals surface area contributed by atoms with E-state index >= 15 is 0 Å². The zero-order chi connectivity index (χ0) is 12.2. The smallest absolute Gasteiger partial charge is 0.124 e. The van der Waals surface area contributed by atoms with Crippen LogP contribution in [0, 0.1) is 0 Å². The molecule has 0 heterocycles. The molecule has 0 aliphatic carbocycles. The minimum atomic E-state index is -0.863. The van der Waals surface area contributed by atoms with E-state index in [1.54, 1.807) is 6.08 Å². The summed E-state index contributed by atoms with van der Waals surface area (Å²) in [6.45, 7) is 4.27. The third kappa shape index (κ3) is 8.90. The highest BCUT2D eigenvalue weighted by atomic mass is 19.1. The predicted molar refractivity (Wildman–Crippen MR) is 68.1 cm³/mol. The minimum Gasteiger partial charge on any atom is -0.386 e. The van der Waals surface area contributed by atoms with E-state index < -0.39 is 6.10 Å². The normalized spacial score (nSPS) is 14.1. The number of hydrogen-bond acceptors (Lipinski definition) is 1. The first kappa shape index (κ1) is 15.6. The number of unbranched alkanes of at least 4 members (excludes halogenated alkanes) is 6. The molecule has 0 spiro atoms. The van der Waals surface area contributed by atoms with Crippen molar-refractivity contribution in [1.29, 1.82) is 0 Å². The molecular formula is C14H27FO. The summed E-state index contributed by atoms with van der Waals surface area (Å²) in [6, 6.07) is 0. The van der Waals surface area contributed by atoms with Gasteiger partial charge in [0.1, 0.15) is 11.9 Å². The van der Waals surface area contributed by atoms with Gasteiger partial charge in [-0.1, -0.05) is 58.4 Å². The van der Waals surface area contributed by atoms with E-state index in [1.165, 1.54) is 12.8 Å². The molecule has 0 radical (unpaired) electrons. The molecule has 0 saturated heterocycles. The van der Waals surface area contributed by atoms with Crippen molar-refractivity contribution >= 4 is 0 Å². The van der Waals surface area contributed by atoms with Crippen LogP contribution in [-0.4, -0.2) is 11.2 Å². The fourth-order valence-electron chi connectivity index (χ4n) is 1.67. The highest BCUT2D eigenvalue weighted by Gasteiger charge is 2.08. The van der Waals surface area contributed by atoms with E-state index in [-0.39, 0.29) is 5.83 Å². The standard InChI is InChI=1S/C14H27FO/c1-3-5-7-9-11-13(15)14(16)12-10-8-6-4-2/h11,14,16H,3-10,12H2,1-2H3. The molecule has 1 unspecified atom stereocenters. The van der Waals surface area contributed by atoms with Crippen LogP contribution in [0.25, 0.3) is 0 Å². The molecule has 0 bridgehead atoms. The Morgan fingerprint density at radius 2 is 1.69 bits per heavy atom. The molecule has 0 fully saturated rings. The Morgan fingerprint density at radius 1 is 1.06 bits per heavy atom. The van der Waals surface area contributed by atoms with Gasteiger partial charge in [-0.3, -0.25) is 0 Å². The predicted octanol–water partition coefficient (Wildman–Crippen LogP) is 4.75. The molecular weight excluding hydrogens is 203 g/mol. The summed E-state index contributed by atoms with van der Waals surface area (Å²) < 4.78 is 13.3. The van der Waals surface area contributed by atoms with Gasteiger partial charge in [-0.25, -0.2) is 4.39 Å². The Balaban J connectivity index is 3.58. The molecule has 0 aliphatic rings. The lowest BCUT2D eigenvalue weighted by Crippen LogP contribution is -2.06. The van der Waals surface area contributed by atoms with E-state index in [2.05, 4.69) is 13.8 Å². The summed E-state index contributed by atoms with van der Waals surface area (Å²) in [6.07, 6.45) is 9.68. The SMILES string of the molecule is CCCCCC=C(F)C(O)CCCCCC. The topological polar surface area (TPSA) is 20.2 Å². The largest absolute Gasteiger partial charge is 0.386 e. The van der Waals surface area contributed by atoms with Crippen LogP contribution in [0.3, 0.4) is 0 Å². The van der Waals surface area contributed by atoms with Gasteiger partial charge in [-0.15, -0.1) is 0 Å². The summed E-state index contributed by atoms with van der Waals surface area (Å²) in [7, 11) is 0. The number of aliphatic hydroxyl groups excluding tert-OH is 1. The molecule has 16 heavy (non-hydrogen) atoms. The summed E-state index contributed by atoms with van der Waals surface area (Å²) in [5.74, 6) is -0.326. The number of rotatable bonds is 10. The quantitative estimate of drug-likeness (QED) is 0.537. The fourth-order valence-corrected chi connectivity index (χ4v) is 1.67. The number of aliphatic hydroxyl groups is 1. The first-order chi connectivity index (χ1) is 7.72. The van der Waals surface area contributed by atoms with Crippen molar-refractivity contribution in [2.75, 3.05) is 0 Å². The van der Waals surface area contributed by atoms with Crippen LogP contribution in [0.2, 0.25) is 0 Å². The maximum Gasteiger partial charge on any atom is 0.124 e. The summed E-state index contributed by atoms with van der Waals surface area (Å²) in [5.41, 5.74) is 0. The lowest BCUT2D eigenvalue weighted by atomic mass is 10.1. The van der Waals surface area contributed by atoms with Crippen molar-refractivity contribution in [1.82, 2.24) is 0 Å². The third-order valence-corrected chi connectivity index (χ3v) is 2.80. The highest BCUT2D eigenvalue weighted by Crippen LogP contribution is 2.14. The van der Waals surface area contributed by atoms with Crippen molar-refractivity contribution in [2.45, 2.75) is 77.7 Å². The monoisotopic (exact) mass is 230 g/mol. The fraction of sp³-hybridized carbons (Fsp3) is 0.857. The van der Waals surface area contributed by atoms with Gasteiger partial charge in [0, 0.05) is 0 Å². The average Bonchev–Trinajstić information content (AvgIpc) is 2.29. The molecule has 2 heteroatoms. The van der Waals surface area contributed by atoms with E-state index in [4.69, 9.17) is 0 Å². The Morgan fingerprint density at radius 3 is 2.31 bits per heavy atom. The molecule has 0 amide bonds. The molecule has 1 nitrogen and oxygen atoms in total. The number of allylic oxidation sites excluding steroid dienone is 1. The molecule has 0 aromatic carbocycles. The first-order valence-electron chi connectivity index (χ1n) is 6.76. The lowest BCUT2D eigenvalue weighted by molar-refractivity contribution is 0.168. The van der Waals surface area contributed by atoms with E-state index in [0.29, 0.717) is 6.42 Å². The highest BCUT2D eigenvalue weighted by molar-refractivity contribution is 4.98. The lowest BCUT2D eigenvalue weighted by Gasteiger charge is -2.07. The summed E-state index contributed by atoms with van der Waals surface area (Å²) in [5, 5.41) is 9.53. The van der Waals surface area contributed by atoms with Crippen molar-refractivity contribution < 1.29 is 9.50 Å². The van der Waals surface area contributed by atoms with Gasteiger partial charge < -0.3 is 5.11 Å². The number of halogens is 1. The van der Waals surface area contributed by atoms with Crippen LogP contribution in [0.4, 0.5) is 4.39 Å². The van der Waals surface area contributed by atoms with Crippen LogP contribution in [0.5, 0.6) is 0 Å². The maximum absolute atomic E-state index is 13.3. The van der Waals surface area contributed by atoms with E-state index in [9.17, 15) is 9.50 Å². The van der Waals surface area contributed by atoms with Gasteiger partial charge in [0.05, 0.1) is 0 Å². The Kier molecular flexibility index (Phi) is 10.9. The van der Waals surface area contributed by atoms with Gasteiger partial charge in [-0.05, 0) is 19.3 Å². The maximum atomic E-state index is 13.3. The molecule has 0 aromatic heterocycles. The van der Waals surface area contributed by atoms with Crippen molar-refractivity contribution in [3.05, 3.63) is 11.9 Å². The summed E-state index contributed by atoms with van der Waals surface area (Å²) >= 11 is 0. The zero-order valence-corrected chi connectivity index (χ0v) is 10.8. The van der Waals surface area contributed by atoms with Gasteiger partial charge in [0.15, 0.2) is 0 Å². The molecule has 0 saturated carbocycles. The van der Waals surface area contributed by atoms with Gasteiger partial charge in [0.2, 0.25) is 0 Å². The van der Waals surface area contributed by atoms with Crippen LogP contribution in [0.15, 0.2) is 11.9 Å². The van der Waals surface area contributed by atoms with Crippen LogP contribution < -0.4 is 0 Å². The van der Waals surface area contributed by atoms with Crippen molar-refractivity contribution in [3.8, 4) is 0 Å². The molecule has 0 aromatic rings. The molecule has 1 N–H and O–H groups in total. The average molecular weight is 230 g/mol. The van der Waals surface area contributed by atoms with Crippen LogP contribution in [-0.2, 0) is 0 Å². The zero-order valence-electron chi connectivity index (χ0n) is 10.8. The first-order valence-corrected chi connectivity index (χ1v) is 6.76. The Labute approximate surface area is 99.8 Å².